The highest BCUT2D eigenvalue weighted by Crippen LogP contribution is 2.19. The third-order valence-corrected chi connectivity index (χ3v) is 2.89. The van der Waals surface area contributed by atoms with E-state index in [0.717, 1.165) is 11.7 Å². The van der Waals surface area contributed by atoms with Crippen LogP contribution in [0.1, 0.15) is 17.4 Å². The van der Waals surface area contributed by atoms with E-state index >= 15 is 0 Å². The normalized spacial score (nSPS) is 10.2. The molecule has 0 aliphatic carbocycles. The van der Waals surface area contributed by atoms with Gasteiger partial charge < -0.3 is 14.4 Å². The van der Waals surface area contributed by atoms with Crippen LogP contribution in [0.2, 0.25) is 0 Å². The fourth-order valence-electron chi connectivity index (χ4n) is 1.06. The van der Waals surface area contributed by atoms with Crippen LogP contribution in [0.5, 0.6) is 0 Å². The molecule has 16 heavy (non-hydrogen) atoms. The van der Waals surface area contributed by atoms with Gasteiger partial charge in [-0.25, -0.2) is 9.78 Å². The smallest absolute Gasteiger partial charge is 0.357 e. The molecule has 1 heterocycles. The monoisotopic (exact) mass is 244 g/mol. The number of carbonyl (C=O) groups is 1. The molecule has 0 aliphatic rings. The summed E-state index contributed by atoms with van der Waals surface area (Å²) in [6, 6.07) is 0. The molecule has 0 aliphatic heterocycles. The molecule has 5 nitrogen and oxygen atoms in total. The Kier molecular flexibility index (Phi) is 5.21. The van der Waals surface area contributed by atoms with Gasteiger partial charge in [0.2, 0.25) is 0 Å². The largest absolute Gasteiger partial charge is 0.461 e. The van der Waals surface area contributed by atoms with Crippen LogP contribution < -0.4 is 4.90 Å². The van der Waals surface area contributed by atoms with Crippen LogP contribution in [0, 0.1) is 0 Å². The Morgan fingerprint density at radius 2 is 2.38 bits per heavy atom. The summed E-state index contributed by atoms with van der Waals surface area (Å²) in [4.78, 5) is 17.5. The van der Waals surface area contributed by atoms with E-state index in [1.807, 2.05) is 11.9 Å². The predicted molar refractivity (Wildman–Crippen MR) is 63.2 cm³/mol. The first kappa shape index (κ1) is 12.9. The number of anilines is 1. The zero-order chi connectivity index (χ0) is 12.0. The minimum absolute atomic E-state index is 0.366. The highest BCUT2D eigenvalue weighted by atomic mass is 32.1. The van der Waals surface area contributed by atoms with Gasteiger partial charge in [-0.05, 0) is 6.92 Å². The molecule has 0 saturated carbocycles. The molecule has 0 N–H and O–H groups in total. The average molecular weight is 244 g/mol. The summed E-state index contributed by atoms with van der Waals surface area (Å²) in [5.74, 6) is -0.370. The Morgan fingerprint density at radius 1 is 1.62 bits per heavy atom. The number of likely N-dealkylation sites (N-methyl/N-ethyl adjacent to an activating group) is 1. The zero-order valence-electron chi connectivity index (χ0n) is 9.73. The molecule has 0 spiro atoms. The van der Waals surface area contributed by atoms with Gasteiger partial charge in [0.1, 0.15) is 0 Å². The van der Waals surface area contributed by atoms with Crippen molar-refractivity contribution in [1.82, 2.24) is 4.98 Å². The van der Waals surface area contributed by atoms with E-state index in [4.69, 9.17) is 9.47 Å². The summed E-state index contributed by atoms with van der Waals surface area (Å²) < 4.78 is 9.83. The van der Waals surface area contributed by atoms with E-state index in [2.05, 4.69) is 4.98 Å². The molecule has 0 aromatic carbocycles. The quantitative estimate of drug-likeness (QED) is 0.708. The van der Waals surface area contributed by atoms with Crippen LogP contribution in [0.25, 0.3) is 0 Å². The summed E-state index contributed by atoms with van der Waals surface area (Å²) in [5, 5.41) is 2.50. The lowest BCUT2D eigenvalue weighted by Crippen LogP contribution is -2.22. The van der Waals surface area contributed by atoms with Crippen LogP contribution in [-0.2, 0) is 9.47 Å². The molecule has 0 saturated heterocycles. The molecule has 1 aromatic rings. The van der Waals surface area contributed by atoms with E-state index < -0.39 is 0 Å². The molecule has 0 radical (unpaired) electrons. The Labute approximate surface area is 99.0 Å². The molecule has 0 atom stereocenters. The summed E-state index contributed by atoms with van der Waals surface area (Å²) in [6.45, 7) is 3.51. The molecular formula is C10H16N2O3S. The Morgan fingerprint density at radius 3 is 3.00 bits per heavy atom. The maximum Gasteiger partial charge on any atom is 0.357 e. The van der Waals surface area contributed by atoms with Gasteiger partial charge in [0.15, 0.2) is 10.8 Å². The number of methoxy groups -OCH3 is 1. The topological polar surface area (TPSA) is 51.7 Å². The molecule has 6 heteroatoms. The van der Waals surface area contributed by atoms with Crippen molar-refractivity contribution < 1.29 is 14.3 Å². The van der Waals surface area contributed by atoms with Crippen molar-refractivity contribution in [3.8, 4) is 0 Å². The second kappa shape index (κ2) is 6.44. The van der Waals surface area contributed by atoms with Crippen molar-refractivity contribution >= 4 is 22.4 Å². The molecule has 0 unspecified atom stereocenters. The number of nitrogens with zero attached hydrogens (tertiary/aromatic N) is 2. The number of thiazole rings is 1. The van der Waals surface area contributed by atoms with E-state index in [9.17, 15) is 4.79 Å². The molecule has 1 rings (SSSR count). The molecule has 0 amide bonds. The minimum atomic E-state index is -0.370. The maximum absolute atomic E-state index is 11.4. The number of hydrogen-bond acceptors (Lipinski definition) is 6. The van der Waals surface area contributed by atoms with Crippen molar-refractivity contribution in [2.75, 3.05) is 38.8 Å². The third kappa shape index (κ3) is 3.46. The third-order valence-electron chi connectivity index (χ3n) is 1.93. The number of ether oxygens (including phenoxy) is 2. The standard InChI is InChI=1S/C10H16N2O3S/c1-4-15-9(13)8-7-16-10(11-8)12(2)5-6-14-3/h7H,4-6H2,1-3H3. The second-order valence-electron chi connectivity index (χ2n) is 3.15. The van der Waals surface area contributed by atoms with Crippen LogP contribution in [0.4, 0.5) is 5.13 Å². The summed E-state index contributed by atoms with van der Waals surface area (Å²) >= 11 is 1.42. The van der Waals surface area contributed by atoms with E-state index in [0.29, 0.717) is 18.9 Å². The first-order valence-electron chi connectivity index (χ1n) is 5.01. The highest BCUT2D eigenvalue weighted by molar-refractivity contribution is 7.13. The molecule has 90 valence electrons. The second-order valence-corrected chi connectivity index (χ2v) is 3.99. The van der Waals surface area contributed by atoms with E-state index in [1.54, 1.807) is 19.4 Å². The molecule has 0 bridgehead atoms. The van der Waals surface area contributed by atoms with Gasteiger partial charge in [0, 0.05) is 26.1 Å². The SMILES string of the molecule is CCOC(=O)c1csc(N(C)CCOC)n1. The molecular weight excluding hydrogens is 228 g/mol. The van der Waals surface area contributed by atoms with Gasteiger partial charge in [-0.1, -0.05) is 0 Å². The van der Waals surface area contributed by atoms with Crippen LogP contribution in [0.15, 0.2) is 5.38 Å². The lowest BCUT2D eigenvalue weighted by Gasteiger charge is -2.14. The van der Waals surface area contributed by atoms with Crippen molar-refractivity contribution in [1.29, 1.82) is 0 Å². The Bertz CT molecular complexity index is 341. The van der Waals surface area contributed by atoms with Crippen LogP contribution >= 0.6 is 11.3 Å². The van der Waals surface area contributed by atoms with Gasteiger partial charge in [-0.3, -0.25) is 0 Å². The first-order valence-corrected chi connectivity index (χ1v) is 5.89. The number of aromatic nitrogens is 1. The van der Waals surface area contributed by atoms with Crippen molar-refractivity contribution in [2.45, 2.75) is 6.92 Å². The summed E-state index contributed by atoms with van der Waals surface area (Å²) in [5.41, 5.74) is 0.367. The fourth-order valence-corrected chi connectivity index (χ4v) is 1.85. The van der Waals surface area contributed by atoms with Crippen molar-refractivity contribution in [2.24, 2.45) is 0 Å². The Hall–Kier alpha value is -1.14. The lowest BCUT2D eigenvalue weighted by atomic mass is 10.5. The average Bonchev–Trinajstić information content (AvgIpc) is 2.75. The van der Waals surface area contributed by atoms with Gasteiger partial charge >= 0.3 is 5.97 Å². The fraction of sp³-hybridized carbons (Fsp3) is 0.600. The zero-order valence-corrected chi connectivity index (χ0v) is 10.5. The lowest BCUT2D eigenvalue weighted by molar-refractivity contribution is 0.0520. The van der Waals surface area contributed by atoms with Crippen molar-refractivity contribution in [3.05, 3.63) is 11.1 Å². The van der Waals surface area contributed by atoms with Crippen molar-refractivity contribution in [3.63, 3.8) is 0 Å². The maximum atomic E-state index is 11.4. The minimum Gasteiger partial charge on any atom is -0.461 e. The predicted octanol–water partition coefficient (Wildman–Crippen LogP) is 1.40. The van der Waals surface area contributed by atoms with E-state index in [-0.39, 0.29) is 5.97 Å². The van der Waals surface area contributed by atoms with Gasteiger partial charge in [-0.15, -0.1) is 11.3 Å². The van der Waals surface area contributed by atoms with Gasteiger partial charge in [-0.2, -0.15) is 0 Å². The van der Waals surface area contributed by atoms with Crippen LogP contribution in [-0.4, -0.2) is 44.9 Å². The number of rotatable bonds is 6. The highest BCUT2D eigenvalue weighted by Gasteiger charge is 2.13. The number of carbonyl (C=O) groups excluding carboxylic acids is 1. The van der Waals surface area contributed by atoms with E-state index in [1.165, 1.54) is 11.3 Å². The van der Waals surface area contributed by atoms with Crippen LogP contribution in [0.3, 0.4) is 0 Å². The number of hydrogen-bond donors (Lipinski definition) is 0. The number of esters is 1. The summed E-state index contributed by atoms with van der Waals surface area (Å²) in [7, 11) is 3.56. The van der Waals surface area contributed by atoms with Gasteiger partial charge in [0.25, 0.3) is 0 Å². The summed E-state index contributed by atoms with van der Waals surface area (Å²) in [6.07, 6.45) is 0. The Balaban J connectivity index is 2.59. The molecule has 0 fully saturated rings. The first-order chi connectivity index (χ1) is 7.69. The molecule has 1 aromatic heterocycles. The van der Waals surface area contributed by atoms with Gasteiger partial charge in [0.05, 0.1) is 13.2 Å².